The first kappa shape index (κ1) is 18.2. The number of hydrogen-bond acceptors (Lipinski definition) is 4. The molecule has 0 radical (unpaired) electrons. The van der Waals surface area contributed by atoms with Gasteiger partial charge in [-0.2, -0.15) is 0 Å². The van der Waals surface area contributed by atoms with Gasteiger partial charge < -0.3 is 15.4 Å². The van der Waals surface area contributed by atoms with E-state index in [1.165, 1.54) is 19.3 Å². The first-order valence-corrected chi connectivity index (χ1v) is 9.66. The Morgan fingerprint density at radius 2 is 1.64 bits per heavy atom. The monoisotopic (exact) mass is 350 g/mol. The summed E-state index contributed by atoms with van der Waals surface area (Å²) in [5.74, 6) is 1.14. The molecule has 0 heterocycles. The molecule has 0 saturated heterocycles. The first-order valence-electron chi connectivity index (χ1n) is 9.66. The third kappa shape index (κ3) is 3.98. The molecule has 140 valence electrons. The number of hydrogen-bond donors (Lipinski definition) is 2. The predicted molar refractivity (Wildman–Crippen MR) is 92.5 cm³/mol. The molecule has 0 unspecified atom stereocenters. The summed E-state index contributed by atoms with van der Waals surface area (Å²) >= 11 is 0. The van der Waals surface area contributed by atoms with E-state index >= 15 is 0 Å². The van der Waals surface area contributed by atoms with E-state index in [-0.39, 0.29) is 23.9 Å². The quantitative estimate of drug-likeness (QED) is 0.686. The number of carbonyl (C=O) groups excluding carboxylic acids is 3. The van der Waals surface area contributed by atoms with Gasteiger partial charge >= 0.3 is 5.97 Å². The van der Waals surface area contributed by atoms with Crippen LogP contribution in [0.1, 0.15) is 58.8 Å². The molecule has 2 N–H and O–H groups in total. The van der Waals surface area contributed by atoms with Gasteiger partial charge in [-0.3, -0.25) is 14.4 Å². The molecule has 0 aromatic heterocycles. The summed E-state index contributed by atoms with van der Waals surface area (Å²) < 4.78 is 5.37. The summed E-state index contributed by atoms with van der Waals surface area (Å²) in [7, 11) is 0. The van der Waals surface area contributed by atoms with Gasteiger partial charge in [0.15, 0.2) is 6.61 Å². The lowest BCUT2D eigenvalue weighted by molar-refractivity contribution is -0.173. The largest absolute Gasteiger partial charge is 0.455 e. The zero-order valence-electron chi connectivity index (χ0n) is 15.3. The van der Waals surface area contributed by atoms with Crippen molar-refractivity contribution in [1.29, 1.82) is 0 Å². The maximum atomic E-state index is 12.7. The van der Waals surface area contributed by atoms with Crippen LogP contribution in [0.25, 0.3) is 0 Å². The van der Waals surface area contributed by atoms with E-state index in [4.69, 9.17) is 4.74 Å². The van der Waals surface area contributed by atoms with Crippen molar-refractivity contribution in [1.82, 2.24) is 10.6 Å². The Kier molecular flexibility index (Phi) is 5.35. The van der Waals surface area contributed by atoms with Crippen molar-refractivity contribution in [2.45, 2.75) is 64.8 Å². The molecule has 6 heteroatoms. The summed E-state index contributed by atoms with van der Waals surface area (Å²) in [6.45, 7) is 3.88. The molecule has 0 spiro atoms. The Bertz CT molecular complexity index is 510. The molecule has 4 aliphatic rings. The fourth-order valence-corrected chi connectivity index (χ4v) is 5.39. The van der Waals surface area contributed by atoms with Gasteiger partial charge in [0.05, 0.1) is 5.41 Å². The van der Waals surface area contributed by atoms with E-state index in [0.717, 1.165) is 25.7 Å². The average molecular weight is 350 g/mol. The number of esters is 1. The van der Waals surface area contributed by atoms with Gasteiger partial charge in [0.1, 0.15) is 6.04 Å². The van der Waals surface area contributed by atoms with Crippen LogP contribution in [0.4, 0.5) is 0 Å². The van der Waals surface area contributed by atoms with E-state index in [0.29, 0.717) is 24.3 Å². The van der Waals surface area contributed by atoms with Crippen LogP contribution >= 0.6 is 0 Å². The molecular weight excluding hydrogens is 320 g/mol. The summed E-state index contributed by atoms with van der Waals surface area (Å²) in [5, 5.41) is 5.32. The van der Waals surface area contributed by atoms with Gasteiger partial charge in [-0.05, 0) is 69.6 Å². The summed E-state index contributed by atoms with van der Waals surface area (Å²) in [6, 6.07) is -0.627. The molecule has 4 saturated carbocycles. The number of rotatable bonds is 7. The van der Waals surface area contributed by atoms with Crippen LogP contribution in [0.5, 0.6) is 0 Å². The highest BCUT2D eigenvalue weighted by atomic mass is 16.5. The van der Waals surface area contributed by atoms with Crippen LogP contribution in [-0.4, -0.2) is 37.0 Å². The molecule has 4 rings (SSSR count). The highest BCUT2D eigenvalue weighted by molar-refractivity contribution is 5.88. The van der Waals surface area contributed by atoms with Crippen molar-refractivity contribution in [2.24, 2.45) is 23.2 Å². The second-order valence-electron chi connectivity index (χ2n) is 8.35. The maximum absolute atomic E-state index is 12.7. The number of nitrogens with one attached hydrogen (secondary N) is 2. The van der Waals surface area contributed by atoms with E-state index < -0.39 is 11.9 Å². The zero-order chi connectivity index (χ0) is 18.0. The molecular formula is C19H30N2O4. The molecule has 2 amide bonds. The highest BCUT2D eigenvalue weighted by Crippen LogP contribution is 2.60. The molecule has 6 nitrogen and oxygen atoms in total. The molecule has 0 aromatic rings. The van der Waals surface area contributed by atoms with Crippen molar-refractivity contribution < 1.29 is 19.1 Å². The molecule has 0 aromatic carbocycles. The van der Waals surface area contributed by atoms with Crippen molar-refractivity contribution >= 4 is 17.8 Å². The fourth-order valence-electron chi connectivity index (χ4n) is 5.39. The predicted octanol–water partition coefficient (Wildman–Crippen LogP) is 1.78. The van der Waals surface area contributed by atoms with Crippen LogP contribution in [0.15, 0.2) is 0 Å². The molecule has 4 fully saturated rings. The van der Waals surface area contributed by atoms with Gasteiger partial charge in [-0.25, -0.2) is 0 Å². The molecule has 25 heavy (non-hydrogen) atoms. The van der Waals surface area contributed by atoms with Crippen LogP contribution in [0.3, 0.4) is 0 Å². The Morgan fingerprint density at radius 1 is 1.08 bits per heavy atom. The molecule has 4 aliphatic carbocycles. The van der Waals surface area contributed by atoms with Gasteiger partial charge in [-0.15, -0.1) is 0 Å². The van der Waals surface area contributed by atoms with E-state index in [2.05, 4.69) is 10.6 Å². The van der Waals surface area contributed by atoms with Crippen molar-refractivity contribution in [3.8, 4) is 0 Å². The normalized spacial score (nSPS) is 33.6. The molecule has 1 atom stereocenters. The van der Waals surface area contributed by atoms with Gasteiger partial charge in [0.2, 0.25) is 5.91 Å². The highest BCUT2D eigenvalue weighted by Gasteiger charge is 2.55. The van der Waals surface area contributed by atoms with E-state index in [9.17, 15) is 14.4 Å². The summed E-state index contributed by atoms with van der Waals surface area (Å²) in [6.07, 6.45) is 7.40. The van der Waals surface area contributed by atoms with E-state index in [1.54, 1.807) is 6.92 Å². The van der Waals surface area contributed by atoms with Crippen molar-refractivity contribution in [3.63, 3.8) is 0 Å². The van der Waals surface area contributed by atoms with Crippen LogP contribution in [0.2, 0.25) is 0 Å². The second-order valence-corrected chi connectivity index (χ2v) is 8.35. The molecule has 4 bridgehead atoms. The SMILES string of the molecule is CCCNC(=O)[C@H](C)NC(=O)COC(=O)C12CC3CC(CC(C3)C1)C2. The maximum Gasteiger partial charge on any atom is 0.312 e. The summed E-state index contributed by atoms with van der Waals surface area (Å²) in [4.78, 5) is 36.4. The third-order valence-corrected chi connectivity index (χ3v) is 6.13. The molecule has 0 aliphatic heterocycles. The average Bonchev–Trinajstić information content (AvgIpc) is 2.56. The Labute approximate surface area is 149 Å². The third-order valence-electron chi connectivity index (χ3n) is 6.13. The Hall–Kier alpha value is -1.59. The van der Waals surface area contributed by atoms with Crippen molar-refractivity contribution in [2.75, 3.05) is 13.2 Å². The van der Waals surface area contributed by atoms with Crippen molar-refractivity contribution in [3.05, 3.63) is 0 Å². The first-order chi connectivity index (χ1) is 11.9. The number of ether oxygens (including phenoxy) is 1. The second kappa shape index (κ2) is 7.34. The minimum absolute atomic E-state index is 0.204. The lowest BCUT2D eigenvalue weighted by Crippen LogP contribution is -2.51. The van der Waals surface area contributed by atoms with E-state index in [1.807, 2.05) is 6.92 Å². The van der Waals surface area contributed by atoms with Crippen LogP contribution in [0, 0.1) is 23.2 Å². The smallest absolute Gasteiger partial charge is 0.312 e. The Balaban J connectivity index is 1.46. The summed E-state index contributed by atoms with van der Waals surface area (Å²) in [5.41, 5.74) is -0.348. The van der Waals surface area contributed by atoms with Crippen LogP contribution in [-0.2, 0) is 19.1 Å². The van der Waals surface area contributed by atoms with Gasteiger partial charge in [0.25, 0.3) is 5.91 Å². The lowest BCUT2D eigenvalue weighted by Gasteiger charge is -2.55. The van der Waals surface area contributed by atoms with Gasteiger partial charge in [-0.1, -0.05) is 6.92 Å². The van der Waals surface area contributed by atoms with Crippen LogP contribution < -0.4 is 10.6 Å². The lowest BCUT2D eigenvalue weighted by atomic mass is 9.49. The number of amides is 2. The number of carbonyl (C=O) groups is 3. The van der Waals surface area contributed by atoms with Gasteiger partial charge in [0, 0.05) is 6.54 Å². The minimum Gasteiger partial charge on any atom is -0.455 e. The topological polar surface area (TPSA) is 84.5 Å². The minimum atomic E-state index is -0.627. The standard InChI is InChI=1S/C19H30N2O4/c1-3-4-20-17(23)12(2)21-16(22)11-25-18(24)19-8-13-5-14(9-19)7-15(6-13)10-19/h12-15H,3-11H2,1-2H3,(H,20,23)(H,21,22)/t12-,13?,14?,15?,19?/m0/s1. The fraction of sp³-hybridized carbons (Fsp3) is 0.842. The Morgan fingerprint density at radius 3 is 2.16 bits per heavy atom. The zero-order valence-corrected chi connectivity index (χ0v) is 15.3.